The van der Waals surface area contributed by atoms with E-state index in [9.17, 15) is 23.1 Å². The average molecular weight is 936 g/mol. The maximum atomic E-state index is 15.5. The van der Waals surface area contributed by atoms with Crippen LogP contribution in [0.4, 0.5) is 19.3 Å². The minimum absolute atomic E-state index is 0.0686. The largest absolute Gasteiger partial charge is 0.465 e. The molecule has 0 saturated carbocycles. The summed E-state index contributed by atoms with van der Waals surface area (Å²) in [6.07, 6.45) is 2.76. The Morgan fingerprint density at radius 1 is 1.00 bits per heavy atom. The molecule has 2 aliphatic heterocycles. The van der Waals surface area contributed by atoms with Gasteiger partial charge in [0.05, 0.1) is 33.4 Å². The lowest BCUT2D eigenvalue weighted by atomic mass is 9.72. The first-order valence-corrected chi connectivity index (χ1v) is 23.8. The SMILES string of the molecule is CCc1nc2c(cnn2CC)c(NC2CCOCC2)c1CNS(=O)(=O)c1cc(C(=O)NCc2ccc(F)c(-c3cccc(CN4CCN(C(=O)O)[C@@](C)(C(C)(C)C)C4)c3)c2)c(Cl)cc1F. The summed E-state index contributed by atoms with van der Waals surface area (Å²) in [5.41, 5.74) is 3.78. The smallest absolute Gasteiger partial charge is 0.407 e. The Morgan fingerprint density at radius 2 is 1.75 bits per heavy atom. The lowest BCUT2D eigenvalue weighted by Crippen LogP contribution is -2.67. The molecule has 2 amide bonds. The minimum Gasteiger partial charge on any atom is -0.465 e. The van der Waals surface area contributed by atoms with E-state index in [1.807, 2.05) is 59.7 Å². The molecular weight excluding hydrogens is 878 g/mol. The highest BCUT2D eigenvalue weighted by Gasteiger charge is 2.48. The van der Waals surface area contributed by atoms with Crippen LogP contribution in [0.3, 0.4) is 0 Å². The number of carboxylic acid groups (broad SMARTS) is 1. The summed E-state index contributed by atoms with van der Waals surface area (Å²) in [7, 11) is -4.56. The second-order valence-electron chi connectivity index (χ2n) is 17.9. The Kier molecular flexibility index (Phi) is 14.2. The van der Waals surface area contributed by atoms with Crippen LogP contribution in [0.1, 0.15) is 87.1 Å². The Balaban J connectivity index is 1.06. The van der Waals surface area contributed by atoms with Crippen LogP contribution in [0.15, 0.2) is 65.7 Å². The molecule has 4 heterocycles. The number of carbonyl (C=O) groups is 2. The summed E-state index contributed by atoms with van der Waals surface area (Å²) >= 11 is 6.36. The molecule has 5 aromatic rings. The van der Waals surface area contributed by atoms with Gasteiger partial charge in [0.25, 0.3) is 5.91 Å². The van der Waals surface area contributed by atoms with Gasteiger partial charge in [-0.2, -0.15) is 5.10 Å². The van der Waals surface area contributed by atoms with E-state index in [1.54, 1.807) is 23.0 Å². The first-order chi connectivity index (χ1) is 30.8. The van der Waals surface area contributed by atoms with Gasteiger partial charge in [0.1, 0.15) is 16.5 Å². The maximum Gasteiger partial charge on any atom is 0.407 e. The highest BCUT2D eigenvalue weighted by molar-refractivity contribution is 7.89. The number of hydrogen-bond donors (Lipinski definition) is 4. The summed E-state index contributed by atoms with van der Waals surface area (Å²) in [4.78, 5) is 33.6. The molecule has 18 heteroatoms. The van der Waals surface area contributed by atoms with Gasteiger partial charge in [0.15, 0.2) is 5.65 Å². The molecule has 348 valence electrons. The molecule has 2 aliphatic rings. The first-order valence-electron chi connectivity index (χ1n) is 21.9. The number of ether oxygens (including phenoxy) is 1. The highest BCUT2D eigenvalue weighted by atomic mass is 35.5. The average Bonchev–Trinajstić information content (AvgIpc) is 3.68. The summed E-state index contributed by atoms with van der Waals surface area (Å²) < 4.78 is 68.6. The number of carbonyl (C=O) groups excluding carboxylic acids is 1. The number of pyridine rings is 1. The predicted octanol–water partition coefficient (Wildman–Crippen LogP) is 8.21. The third-order valence-electron chi connectivity index (χ3n) is 12.9. The number of amides is 2. The Bertz CT molecular complexity index is 2710. The van der Waals surface area contributed by atoms with Gasteiger partial charge in [-0.1, -0.05) is 63.6 Å². The van der Waals surface area contributed by atoms with E-state index in [-0.39, 0.29) is 35.1 Å². The molecule has 1 atom stereocenters. The number of aryl methyl sites for hydroxylation is 2. The van der Waals surface area contributed by atoms with Gasteiger partial charge in [-0.3, -0.25) is 14.6 Å². The molecule has 0 aliphatic carbocycles. The fourth-order valence-corrected chi connectivity index (χ4v) is 10.0. The number of piperazine rings is 1. The number of anilines is 1. The van der Waals surface area contributed by atoms with Crippen LogP contribution in [0, 0.1) is 17.0 Å². The molecule has 0 bridgehead atoms. The number of halogens is 3. The summed E-state index contributed by atoms with van der Waals surface area (Å²) in [5, 5.41) is 21.2. The fourth-order valence-electron chi connectivity index (χ4n) is 8.70. The third kappa shape index (κ3) is 10.1. The van der Waals surface area contributed by atoms with E-state index in [1.165, 1.54) is 17.0 Å². The van der Waals surface area contributed by atoms with Gasteiger partial charge in [-0.05, 0) is 85.5 Å². The number of fused-ring (bicyclic) bond motifs is 1. The zero-order chi connectivity index (χ0) is 46.8. The second-order valence-corrected chi connectivity index (χ2v) is 20.1. The van der Waals surface area contributed by atoms with E-state index < -0.39 is 44.1 Å². The van der Waals surface area contributed by atoms with Gasteiger partial charge < -0.3 is 20.5 Å². The van der Waals surface area contributed by atoms with Crippen molar-refractivity contribution in [2.45, 2.75) is 103 Å². The van der Waals surface area contributed by atoms with Crippen LogP contribution in [0.5, 0.6) is 0 Å². The number of hydrogen-bond acceptors (Lipinski definition) is 9. The zero-order valence-electron chi connectivity index (χ0n) is 37.6. The topological polar surface area (TPSA) is 171 Å². The van der Waals surface area contributed by atoms with Crippen molar-refractivity contribution in [3.8, 4) is 11.1 Å². The van der Waals surface area contributed by atoms with Crippen LogP contribution < -0.4 is 15.4 Å². The van der Waals surface area contributed by atoms with Gasteiger partial charge in [0.2, 0.25) is 10.0 Å². The molecule has 0 radical (unpaired) electrons. The molecule has 2 fully saturated rings. The van der Waals surface area contributed by atoms with E-state index in [0.717, 1.165) is 35.9 Å². The van der Waals surface area contributed by atoms with Crippen molar-refractivity contribution in [1.82, 2.24) is 34.6 Å². The number of nitrogens with one attached hydrogen (secondary N) is 3. The maximum absolute atomic E-state index is 15.5. The molecule has 2 saturated heterocycles. The first kappa shape index (κ1) is 47.8. The summed E-state index contributed by atoms with van der Waals surface area (Å²) in [5.74, 6) is -2.37. The molecule has 14 nitrogen and oxygen atoms in total. The molecule has 2 aromatic heterocycles. The Hall–Kier alpha value is -5.20. The Morgan fingerprint density at radius 3 is 2.45 bits per heavy atom. The number of benzene rings is 3. The molecule has 7 rings (SSSR count). The van der Waals surface area contributed by atoms with Crippen molar-refractivity contribution < 1.29 is 36.6 Å². The number of aromatic nitrogens is 3. The van der Waals surface area contributed by atoms with Crippen molar-refractivity contribution >= 4 is 50.3 Å². The summed E-state index contributed by atoms with van der Waals surface area (Å²) in [6.45, 7) is 15.4. The van der Waals surface area contributed by atoms with E-state index in [2.05, 4.69) is 25.4 Å². The fraction of sp³-hybridized carbons (Fsp3) is 0.447. The van der Waals surface area contributed by atoms with Crippen LogP contribution >= 0.6 is 11.6 Å². The number of sulfonamides is 1. The van der Waals surface area contributed by atoms with Crippen molar-refractivity contribution in [3.05, 3.63) is 105 Å². The predicted molar refractivity (Wildman–Crippen MR) is 246 cm³/mol. The van der Waals surface area contributed by atoms with Crippen molar-refractivity contribution in [1.29, 1.82) is 0 Å². The normalized spacial score (nSPS) is 17.7. The van der Waals surface area contributed by atoms with E-state index in [4.69, 9.17) is 21.3 Å². The highest BCUT2D eigenvalue weighted by Crippen LogP contribution is 2.39. The van der Waals surface area contributed by atoms with Crippen molar-refractivity contribution in [2.24, 2.45) is 5.41 Å². The standard InChI is InChI=1S/C47H57ClF2N8O6S/c1-7-40-35(42(54-32-14-18-64-19-15-32)36-25-52-58(8-2)43(36)55-40)26-53-65(62,63)41-22-34(37(48)23-39(41)50)44(59)51-24-29-12-13-38(49)33(21-29)31-11-9-10-30(20-31)27-56-16-17-57(45(60)61)47(6,28-56)46(3,4)5/h9-13,20-23,25,32,53H,7-8,14-19,24,26-28H2,1-6H3,(H,51,59)(H,54,55)(H,60,61)/t47-/m1/s1. The lowest BCUT2D eigenvalue weighted by molar-refractivity contribution is -0.0461. The Labute approximate surface area is 383 Å². The summed E-state index contributed by atoms with van der Waals surface area (Å²) in [6, 6.07) is 13.7. The van der Waals surface area contributed by atoms with Gasteiger partial charge in [-0.15, -0.1) is 0 Å². The van der Waals surface area contributed by atoms with E-state index >= 15 is 8.78 Å². The molecular formula is C47H57ClF2N8O6S. The molecule has 3 aromatic carbocycles. The van der Waals surface area contributed by atoms with E-state index in [0.29, 0.717) is 91.6 Å². The molecule has 0 unspecified atom stereocenters. The monoisotopic (exact) mass is 934 g/mol. The van der Waals surface area contributed by atoms with Crippen LogP contribution in [-0.2, 0) is 47.4 Å². The van der Waals surface area contributed by atoms with Crippen LogP contribution in [0.2, 0.25) is 5.02 Å². The molecule has 0 spiro atoms. The van der Waals surface area contributed by atoms with Crippen molar-refractivity contribution in [3.63, 3.8) is 0 Å². The van der Waals surface area contributed by atoms with Gasteiger partial charge >= 0.3 is 6.09 Å². The lowest BCUT2D eigenvalue weighted by Gasteiger charge is -2.54. The minimum atomic E-state index is -4.56. The van der Waals surface area contributed by atoms with Gasteiger partial charge in [0, 0.05) is 81.9 Å². The number of nitrogens with zero attached hydrogens (tertiary/aromatic N) is 5. The second kappa shape index (κ2) is 19.3. The molecule has 65 heavy (non-hydrogen) atoms. The van der Waals surface area contributed by atoms with Crippen LogP contribution in [0.25, 0.3) is 22.2 Å². The van der Waals surface area contributed by atoms with Crippen LogP contribution in [-0.4, -0.2) is 94.5 Å². The third-order valence-corrected chi connectivity index (χ3v) is 14.6. The van der Waals surface area contributed by atoms with Gasteiger partial charge in [-0.25, -0.2) is 36.4 Å². The zero-order valence-corrected chi connectivity index (χ0v) is 39.2. The van der Waals surface area contributed by atoms with Crippen molar-refractivity contribution in [2.75, 3.05) is 38.2 Å². The molecule has 4 N–H and O–H groups in total. The number of rotatable bonds is 14. The quantitative estimate of drug-likeness (QED) is 0.0851.